The minimum absolute atomic E-state index is 0.00446. The molecule has 1 aliphatic heterocycles. The number of anilines is 1. The number of pyridine rings is 1. The Morgan fingerprint density at radius 2 is 1.65 bits per heavy atom. The molecular weight excluding hydrogens is 422 g/mol. The van der Waals surface area contributed by atoms with E-state index >= 15 is 0 Å². The first-order valence-electron chi connectivity index (χ1n) is 11.7. The predicted molar refractivity (Wildman–Crippen MR) is 139 cm³/mol. The van der Waals surface area contributed by atoms with Gasteiger partial charge in [0.05, 0.1) is 0 Å². The molecule has 1 amide bonds. The second-order valence-corrected chi connectivity index (χ2v) is 9.39. The number of aromatic nitrogens is 2. The molecule has 1 fully saturated rings. The summed E-state index contributed by atoms with van der Waals surface area (Å²) in [4.78, 5) is 26.7. The number of hydrogen-bond acceptors (Lipinski definition) is 4. The maximum Gasteiger partial charge on any atom is 0.253 e. The normalized spacial score (nSPS) is 14.5. The number of carbonyl (C=O) groups is 1. The zero-order valence-electron chi connectivity index (χ0n) is 20.3. The monoisotopic (exact) mass is 453 g/mol. The third-order valence-electron chi connectivity index (χ3n) is 6.75. The number of rotatable bonds is 4. The van der Waals surface area contributed by atoms with Crippen molar-refractivity contribution in [2.75, 3.05) is 52.2 Å². The molecule has 0 atom stereocenters. The summed E-state index contributed by atoms with van der Waals surface area (Å²) in [6.07, 6.45) is 3.93. The highest BCUT2D eigenvalue weighted by Gasteiger charge is 2.17. The van der Waals surface area contributed by atoms with E-state index in [1.165, 1.54) is 16.8 Å². The average Bonchev–Trinajstić information content (AvgIpc) is 3.27. The molecule has 0 unspecified atom stereocenters. The molecule has 6 heteroatoms. The Kier molecular flexibility index (Phi) is 5.84. The van der Waals surface area contributed by atoms with Crippen LogP contribution in [0.3, 0.4) is 0 Å². The van der Waals surface area contributed by atoms with Gasteiger partial charge < -0.3 is 19.7 Å². The van der Waals surface area contributed by atoms with Gasteiger partial charge in [0, 0.05) is 80.4 Å². The van der Waals surface area contributed by atoms with Gasteiger partial charge in [0.2, 0.25) is 0 Å². The van der Waals surface area contributed by atoms with Gasteiger partial charge in [-0.25, -0.2) is 4.98 Å². The number of carbonyl (C=O) groups excluding carboxylic acids is 1. The molecule has 4 aromatic rings. The van der Waals surface area contributed by atoms with Crippen LogP contribution in [0.4, 0.5) is 5.69 Å². The van der Waals surface area contributed by atoms with Gasteiger partial charge in [-0.15, -0.1) is 0 Å². The maximum atomic E-state index is 12.2. The quantitative estimate of drug-likeness (QED) is 0.488. The molecule has 34 heavy (non-hydrogen) atoms. The van der Waals surface area contributed by atoms with Crippen LogP contribution >= 0.6 is 0 Å². The number of H-pyrrole nitrogens is 1. The minimum atomic E-state index is 0.00446. The number of amides is 1. The summed E-state index contributed by atoms with van der Waals surface area (Å²) in [7, 11) is 5.72. The smallest absolute Gasteiger partial charge is 0.253 e. The van der Waals surface area contributed by atoms with Crippen molar-refractivity contribution in [3.05, 3.63) is 72.1 Å². The molecule has 0 bridgehead atoms. The van der Waals surface area contributed by atoms with Crippen LogP contribution in [-0.4, -0.2) is 73.0 Å². The van der Waals surface area contributed by atoms with Crippen molar-refractivity contribution in [1.29, 1.82) is 0 Å². The molecule has 2 aromatic heterocycles. The van der Waals surface area contributed by atoms with E-state index in [1.807, 2.05) is 36.7 Å². The van der Waals surface area contributed by atoms with Crippen LogP contribution < -0.4 is 4.90 Å². The van der Waals surface area contributed by atoms with E-state index in [2.05, 4.69) is 53.0 Å². The SMILES string of the molecule is Cc1cc(-c2cnc3[nH]cc(-c4ccc(C(=O)N(C)C)cc4)c3c2)ccc1N1CCN(C)CC1. The van der Waals surface area contributed by atoms with E-state index in [0.717, 1.165) is 53.9 Å². The van der Waals surface area contributed by atoms with E-state index in [9.17, 15) is 4.79 Å². The Morgan fingerprint density at radius 1 is 0.941 bits per heavy atom. The predicted octanol–water partition coefficient (Wildman–Crippen LogP) is 4.66. The standard InChI is InChI=1S/C28H31N5O/c1-19-15-22(9-10-26(19)33-13-11-32(4)12-14-33)23-16-24-25(18-30-27(24)29-17-23)20-5-7-21(8-6-20)28(34)31(2)3/h5-10,15-18H,11-14H2,1-4H3,(H,29,30). The van der Waals surface area contributed by atoms with Gasteiger partial charge in [0.25, 0.3) is 5.91 Å². The number of aryl methyl sites for hydroxylation is 1. The van der Waals surface area contributed by atoms with Crippen LogP contribution in [0, 0.1) is 6.92 Å². The van der Waals surface area contributed by atoms with Gasteiger partial charge in [-0.1, -0.05) is 18.2 Å². The third-order valence-corrected chi connectivity index (χ3v) is 6.75. The van der Waals surface area contributed by atoms with Gasteiger partial charge in [-0.3, -0.25) is 4.79 Å². The lowest BCUT2D eigenvalue weighted by molar-refractivity contribution is 0.0827. The summed E-state index contributed by atoms with van der Waals surface area (Å²) in [6.45, 7) is 6.53. The molecule has 0 spiro atoms. The highest BCUT2D eigenvalue weighted by molar-refractivity contribution is 5.98. The summed E-state index contributed by atoms with van der Waals surface area (Å²) >= 11 is 0. The molecule has 0 saturated carbocycles. The van der Waals surface area contributed by atoms with Gasteiger partial charge in [-0.05, 0) is 61.0 Å². The Hall–Kier alpha value is -3.64. The molecular formula is C28H31N5O. The van der Waals surface area contributed by atoms with E-state index in [-0.39, 0.29) is 5.91 Å². The van der Waals surface area contributed by atoms with Crippen molar-refractivity contribution in [2.24, 2.45) is 0 Å². The number of piperazine rings is 1. The van der Waals surface area contributed by atoms with Crippen molar-refractivity contribution in [2.45, 2.75) is 6.92 Å². The minimum Gasteiger partial charge on any atom is -0.369 e. The van der Waals surface area contributed by atoms with Crippen molar-refractivity contribution < 1.29 is 4.79 Å². The number of aromatic amines is 1. The molecule has 1 N–H and O–H groups in total. The number of hydrogen-bond donors (Lipinski definition) is 1. The fourth-order valence-corrected chi connectivity index (χ4v) is 4.69. The Balaban J connectivity index is 1.45. The fourth-order valence-electron chi connectivity index (χ4n) is 4.69. The number of nitrogens with zero attached hydrogens (tertiary/aromatic N) is 4. The summed E-state index contributed by atoms with van der Waals surface area (Å²) in [5, 5.41) is 1.07. The lowest BCUT2D eigenvalue weighted by atomic mass is 9.99. The molecule has 6 nitrogen and oxygen atoms in total. The number of fused-ring (bicyclic) bond motifs is 1. The largest absolute Gasteiger partial charge is 0.369 e. The van der Waals surface area contributed by atoms with Gasteiger partial charge >= 0.3 is 0 Å². The molecule has 3 heterocycles. The Bertz CT molecular complexity index is 1330. The van der Waals surface area contributed by atoms with Crippen molar-refractivity contribution in [3.8, 4) is 22.3 Å². The molecule has 174 valence electrons. The summed E-state index contributed by atoms with van der Waals surface area (Å²) in [5.41, 5.74) is 8.56. The zero-order valence-corrected chi connectivity index (χ0v) is 20.3. The third kappa shape index (κ3) is 4.17. The highest BCUT2D eigenvalue weighted by atomic mass is 16.2. The van der Waals surface area contributed by atoms with Crippen molar-refractivity contribution >= 4 is 22.6 Å². The molecule has 5 rings (SSSR count). The number of likely N-dealkylation sites (N-methyl/N-ethyl adjacent to an activating group) is 1. The van der Waals surface area contributed by atoms with Crippen LogP contribution in [0.2, 0.25) is 0 Å². The summed E-state index contributed by atoms with van der Waals surface area (Å²) in [6, 6.07) is 16.7. The van der Waals surface area contributed by atoms with E-state index in [4.69, 9.17) is 4.98 Å². The van der Waals surface area contributed by atoms with Gasteiger partial charge in [0.1, 0.15) is 5.65 Å². The molecule has 1 saturated heterocycles. The molecule has 2 aromatic carbocycles. The fraction of sp³-hybridized carbons (Fsp3) is 0.286. The Labute approximate surface area is 200 Å². The Morgan fingerprint density at radius 3 is 2.32 bits per heavy atom. The van der Waals surface area contributed by atoms with Gasteiger partial charge in [-0.2, -0.15) is 0 Å². The first kappa shape index (κ1) is 22.2. The van der Waals surface area contributed by atoms with Crippen LogP contribution in [0.15, 0.2) is 60.9 Å². The van der Waals surface area contributed by atoms with Crippen molar-refractivity contribution in [3.63, 3.8) is 0 Å². The van der Waals surface area contributed by atoms with Crippen LogP contribution in [-0.2, 0) is 0 Å². The number of benzene rings is 2. The molecule has 1 aliphatic rings. The lowest BCUT2D eigenvalue weighted by Gasteiger charge is -2.35. The van der Waals surface area contributed by atoms with Crippen LogP contribution in [0.5, 0.6) is 0 Å². The highest BCUT2D eigenvalue weighted by Crippen LogP contribution is 2.33. The first-order valence-corrected chi connectivity index (χ1v) is 11.7. The summed E-state index contributed by atoms with van der Waals surface area (Å²) in [5.74, 6) is 0.00446. The number of nitrogens with one attached hydrogen (secondary N) is 1. The lowest BCUT2D eigenvalue weighted by Crippen LogP contribution is -2.44. The topological polar surface area (TPSA) is 55.5 Å². The molecule has 0 radical (unpaired) electrons. The summed E-state index contributed by atoms with van der Waals surface area (Å²) < 4.78 is 0. The second-order valence-electron chi connectivity index (χ2n) is 9.39. The van der Waals surface area contributed by atoms with Crippen LogP contribution in [0.25, 0.3) is 33.3 Å². The van der Waals surface area contributed by atoms with E-state index in [0.29, 0.717) is 5.56 Å². The van der Waals surface area contributed by atoms with E-state index < -0.39 is 0 Å². The second kappa shape index (κ2) is 8.95. The van der Waals surface area contributed by atoms with E-state index in [1.54, 1.807) is 19.0 Å². The average molecular weight is 454 g/mol. The zero-order chi connectivity index (χ0) is 23.8. The van der Waals surface area contributed by atoms with Crippen LogP contribution in [0.1, 0.15) is 15.9 Å². The molecule has 0 aliphatic carbocycles. The first-order chi connectivity index (χ1) is 16.4. The van der Waals surface area contributed by atoms with Gasteiger partial charge in [0.15, 0.2) is 0 Å². The maximum absolute atomic E-state index is 12.2. The van der Waals surface area contributed by atoms with Crippen molar-refractivity contribution in [1.82, 2.24) is 19.8 Å².